The first kappa shape index (κ1) is 47.9. The highest BCUT2D eigenvalue weighted by atomic mass is 16.5. The zero-order valence-corrected chi connectivity index (χ0v) is 33.9. The first-order valence-electron chi connectivity index (χ1n) is 21.2. The fraction of sp³-hybridized carbons (Fsp3) is 0.953. The van der Waals surface area contributed by atoms with Crippen LogP contribution in [-0.2, 0) is 28.5 Å². The summed E-state index contributed by atoms with van der Waals surface area (Å²) in [4.78, 5) is 25.3. The van der Waals surface area contributed by atoms with E-state index in [-0.39, 0.29) is 35.3 Å². The molecule has 0 saturated carbocycles. The van der Waals surface area contributed by atoms with E-state index < -0.39 is 0 Å². The van der Waals surface area contributed by atoms with Gasteiger partial charge in [0.05, 0.1) is 37.8 Å². The summed E-state index contributed by atoms with van der Waals surface area (Å²) >= 11 is 0. The number of rotatable bonds is 36. The van der Waals surface area contributed by atoms with Crippen LogP contribution in [0.3, 0.4) is 0 Å². The average Bonchev–Trinajstić information content (AvgIpc) is 3.06. The van der Waals surface area contributed by atoms with Crippen LogP contribution in [0.25, 0.3) is 0 Å². The zero-order chi connectivity index (χ0) is 36.4. The zero-order valence-electron chi connectivity index (χ0n) is 33.9. The van der Waals surface area contributed by atoms with E-state index in [9.17, 15) is 9.59 Å². The molecule has 0 aromatic heterocycles. The molecule has 49 heavy (non-hydrogen) atoms. The summed E-state index contributed by atoms with van der Waals surface area (Å²) in [5, 5.41) is 0. The highest BCUT2D eigenvalue weighted by Gasteiger charge is 2.21. The van der Waals surface area contributed by atoms with E-state index in [0.717, 1.165) is 135 Å². The van der Waals surface area contributed by atoms with Crippen molar-refractivity contribution in [3.05, 3.63) is 0 Å². The van der Waals surface area contributed by atoms with Crippen LogP contribution in [-0.4, -0.2) is 51.1 Å². The van der Waals surface area contributed by atoms with Gasteiger partial charge in [0.25, 0.3) is 0 Å². The minimum atomic E-state index is 0.0262. The molecule has 0 saturated heterocycles. The standard InChI is InChI=1S/C43H84O6/c1-8-12-16-22-30-38(28-14-10-3)41(44)48-34-26-19-18-24-32-46-37-40(36-43(5,6)7)47-33-25-20-21-27-35-49-42(45)39(29-15-11-4)31-23-17-13-9-2/h38-40H,8-37H2,1-7H3. The van der Waals surface area contributed by atoms with E-state index in [1.54, 1.807) is 0 Å². The lowest BCUT2D eigenvalue weighted by molar-refractivity contribution is -0.150. The lowest BCUT2D eigenvalue weighted by Gasteiger charge is -2.26. The SMILES string of the molecule is CCCCCCC(CCCC)C(=O)OCCCCCCOCC(CC(C)(C)C)OCCCCCCOC(=O)C(CCCC)CCCCCC. The van der Waals surface area contributed by atoms with Crippen molar-refractivity contribution in [2.24, 2.45) is 17.3 Å². The van der Waals surface area contributed by atoms with Crippen LogP contribution in [0.15, 0.2) is 0 Å². The molecule has 0 aromatic carbocycles. The third-order valence-electron chi connectivity index (χ3n) is 9.50. The van der Waals surface area contributed by atoms with Gasteiger partial charge < -0.3 is 18.9 Å². The van der Waals surface area contributed by atoms with E-state index in [2.05, 4.69) is 48.5 Å². The van der Waals surface area contributed by atoms with Crippen LogP contribution in [0.4, 0.5) is 0 Å². The molecule has 3 unspecified atom stereocenters. The maximum atomic E-state index is 12.7. The van der Waals surface area contributed by atoms with Gasteiger partial charge in [0, 0.05) is 13.2 Å². The smallest absolute Gasteiger partial charge is 0.308 e. The minimum Gasteiger partial charge on any atom is -0.465 e. The Morgan fingerprint density at radius 2 is 0.857 bits per heavy atom. The van der Waals surface area contributed by atoms with E-state index in [1.807, 2.05) is 0 Å². The number of ether oxygens (including phenoxy) is 4. The highest BCUT2D eigenvalue weighted by molar-refractivity contribution is 5.72. The summed E-state index contributed by atoms with van der Waals surface area (Å²) in [7, 11) is 0. The number of hydrogen-bond acceptors (Lipinski definition) is 6. The summed E-state index contributed by atoms with van der Waals surface area (Å²) in [6, 6.07) is 0. The van der Waals surface area contributed by atoms with Crippen molar-refractivity contribution in [2.75, 3.05) is 33.0 Å². The van der Waals surface area contributed by atoms with E-state index >= 15 is 0 Å². The van der Waals surface area contributed by atoms with Gasteiger partial charge in [-0.15, -0.1) is 0 Å². The summed E-state index contributed by atoms with van der Waals surface area (Å²) < 4.78 is 23.7. The Labute approximate surface area is 305 Å². The van der Waals surface area contributed by atoms with Crippen molar-refractivity contribution < 1.29 is 28.5 Å². The lowest BCUT2D eigenvalue weighted by Crippen LogP contribution is -2.26. The predicted molar refractivity (Wildman–Crippen MR) is 207 cm³/mol. The van der Waals surface area contributed by atoms with Gasteiger partial charge in [-0.3, -0.25) is 9.59 Å². The number of esters is 2. The normalized spacial score (nSPS) is 13.7. The Bertz CT molecular complexity index is 732. The van der Waals surface area contributed by atoms with Crippen LogP contribution in [0.2, 0.25) is 0 Å². The molecule has 6 heteroatoms. The van der Waals surface area contributed by atoms with Gasteiger partial charge in [-0.1, -0.05) is 138 Å². The van der Waals surface area contributed by atoms with Gasteiger partial charge in [-0.05, 0) is 76.0 Å². The fourth-order valence-electron chi connectivity index (χ4n) is 6.41. The Kier molecular flexibility index (Phi) is 33.2. The van der Waals surface area contributed by atoms with Gasteiger partial charge >= 0.3 is 11.9 Å². The monoisotopic (exact) mass is 697 g/mol. The van der Waals surface area contributed by atoms with Crippen LogP contribution >= 0.6 is 0 Å². The molecular formula is C43H84O6. The number of hydrogen-bond donors (Lipinski definition) is 0. The van der Waals surface area contributed by atoms with Gasteiger partial charge in [-0.2, -0.15) is 0 Å². The molecule has 0 heterocycles. The molecule has 3 atom stereocenters. The third kappa shape index (κ3) is 31.3. The highest BCUT2D eigenvalue weighted by Crippen LogP contribution is 2.24. The molecule has 0 spiro atoms. The minimum absolute atomic E-state index is 0.0262. The first-order chi connectivity index (χ1) is 23.7. The van der Waals surface area contributed by atoms with Gasteiger partial charge in [0.2, 0.25) is 0 Å². The molecule has 0 fully saturated rings. The molecule has 0 aliphatic heterocycles. The number of unbranched alkanes of at least 4 members (excludes halogenated alkanes) is 14. The van der Waals surface area contributed by atoms with Gasteiger partial charge in [0.1, 0.15) is 0 Å². The van der Waals surface area contributed by atoms with Crippen molar-refractivity contribution in [3.8, 4) is 0 Å². The fourth-order valence-corrected chi connectivity index (χ4v) is 6.41. The second-order valence-electron chi connectivity index (χ2n) is 15.9. The quantitative estimate of drug-likeness (QED) is 0.0480. The summed E-state index contributed by atoms with van der Waals surface area (Å²) in [5.41, 5.74) is 0.186. The Morgan fingerprint density at radius 3 is 1.29 bits per heavy atom. The first-order valence-corrected chi connectivity index (χ1v) is 21.2. The molecule has 0 bridgehead atoms. The van der Waals surface area contributed by atoms with E-state index in [0.29, 0.717) is 19.8 Å². The summed E-state index contributed by atoms with van der Waals surface area (Å²) in [6.45, 7) is 18.8. The molecule has 0 aliphatic carbocycles. The van der Waals surface area contributed by atoms with Crippen molar-refractivity contribution in [3.63, 3.8) is 0 Å². The Balaban J connectivity index is 4.12. The molecule has 6 nitrogen and oxygen atoms in total. The van der Waals surface area contributed by atoms with Crippen molar-refractivity contribution in [1.29, 1.82) is 0 Å². The van der Waals surface area contributed by atoms with Crippen molar-refractivity contribution in [2.45, 2.75) is 215 Å². The largest absolute Gasteiger partial charge is 0.465 e. The van der Waals surface area contributed by atoms with Gasteiger partial charge in [0.15, 0.2) is 0 Å². The van der Waals surface area contributed by atoms with Crippen molar-refractivity contribution >= 4 is 11.9 Å². The lowest BCUT2D eigenvalue weighted by atomic mass is 9.89. The topological polar surface area (TPSA) is 71.1 Å². The maximum absolute atomic E-state index is 12.7. The molecule has 0 rings (SSSR count). The Hall–Kier alpha value is -1.14. The van der Waals surface area contributed by atoms with E-state index in [1.165, 1.54) is 38.5 Å². The van der Waals surface area contributed by atoms with Crippen LogP contribution in [0, 0.1) is 17.3 Å². The molecule has 0 aromatic rings. The van der Waals surface area contributed by atoms with Crippen LogP contribution < -0.4 is 0 Å². The van der Waals surface area contributed by atoms with E-state index in [4.69, 9.17) is 18.9 Å². The van der Waals surface area contributed by atoms with Crippen LogP contribution in [0.5, 0.6) is 0 Å². The second-order valence-corrected chi connectivity index (χ2v) is 15.9. The van der Waals surface area contributed by atoms with Gasteiger partial charge in [-0.25, -0.2) is 0 Å². The molecule has 292 valence electrons. The Morgan fingerprint density at radius 1 is 0.469 bits per heavy atom. The second kappa shape index (κ2) is 34.0. The number of carbonyl (C=O) groups is 2. The van der Waals surface area contributed by atoms with Crippen molar-refractivity contribution in [1.82, 2.24) is 0 Å². The summed E-state index contributed by atoms with van der Waals surface area (Å²) in [6.07, 6.45) is 27.3. The average molecular weight is 697 g/mol. The predicted octanol–water partition coefficient (Wildman–Crippen LogP) is 12.6. The molecule has 0 radical (unpaired) electrons. The van der Waals surface area contributed by atoms with Crippen LogP contribution in [0.1, 0.15) is 209 Å². The molecule has 0 N–H and O–H groups in total. The summed E-state index contributed by atoms with van der Waals surface area (Å²) in [5.74, 6) is 0.223. The molecule has 0 aliphatic rings. The molecule has 0 amide bonds. The molecular weight excluding hydrogens is 612 g/mol. The maximum Gasteiger partial charge on any atom is 0.308 e. The number of carbonyl (C=O) groups excluding carboxylic acids is 2. The third-order valence-corrected chi connectivity index (χ3v) is 9.50.